The van der Waals surface area contributed by atoms with Gasteiger partial charge >= 0.3 is 5.97 Å². The first kappa shape index (κ1) is 18.0. The number of ether oxygens (including phenoxy) is 3. The number of aryl methyl sites for hydroxylation is 1. The van der Waals surface area contributed by atoms with Gasteiger partial charge in [-0.15, -0.1) is 21.5 Å². The molecule has 0 saturated heterocycles. The van der Waals surface area contributed by atoms with Crippen LogP contribution in [0, 0.1) is 0 Å². The van der Waals surface area contributed by atoms with Crippen molar-refractivity contribution in [3.63, 3.8) is 0 Å². The van der Waals surface area contributed by atoms with Crippen LogP contribution in [0.4, 0.5) is 0 Å². The van der Waals surface area contributed by atoms with Crippen LogP contribution in [0.3, 0.4) is 0 Å². The Hall–Kier alpha value is -3.40. The van der Waals surface area contributed by atoms with E-state index in [9.17, 15) is 9.59 Å². The summed E-state index contributed by atoms with van der Waals surface area (Å²) in [6.45, 7) is -0.329. The number of hydrogen-bond donors (Lipinski definition) is 0. The molecule has 0 spiro atoms. The van der Waals surface area contributed by atoms with E-state index in [0.29, 0.717) is 33.3 Å². The first-order valence-electron chi connectivity index (χ1n) is 8.31. The lowest BCUT2D eigenvalue weighted by molar-refractivity contribution is -0.147. The van der Waals surface area contributed by atoms with Crippen molar-refractivity contribution in [3.05, 3.63) is 51.9 Å². The molecule has 4 aromatic rings. The topological polar surface area (TPSA) is 96.9 Å². The molecule has 3 heterocycles. The zero-order chi connectivity index (χ0) is 19.7. The second-order valence-electron chi connectivity index (χ2n) is 5.88. The zero-order valence-electron chi connectivity index (χ0n) is 15.1. The maximum Gasteiger partial charge on any atom is 0.344 e. The average Bonchev–Trinajstić information content (AvgIpc) is 3.36. The highest BCUT2D eigenvalue weighted by Crippen LogP contribution is 2.20. The summed E-state index contributed by atoms with van der Waals surface area (Å²) < 4.78 is 19.5. The molecule has 0 aliphatic rings. The van der Waals surface area contributed by atoms with Crippen LogP contribution in [-0.2, 0) is 23.2 Å². The second kappa shape index (κ2) is 7.31. The quantitative estimate of drug-likeness (QED) is 0.455. The molecule has 0 unspecified atom stereocenters. The van der Waals surface area contributed by atoms with Gasteiger partial charge in [-0.3, -0.25) is 13.8 Å². The van der Waals surface area contributed by atoms with Gasteiger partial charge in [0.05, 0.1) is 12.6 Å². The summed E-state index contributed by atoms with van der Waals surface area (Å²) in [5, 5.41) is 9.93. The maximum atomic E-state index is 12.3. The number of thiophene rings is 1. The van der Waals surface area contributed by atoms with E-state index in [1.165, 1.54) is 15.9 Å². The SMILES string of the molecule is COc1ccc(OCC(=O)OCc2nnc3n(C)c(=O)c4sccc4n23)cc1. The van der Waals surface area contributed by atoms with Crippen molar-refractivity contribution < 1.29 is 19.0 Å². The third-order valence-corrected chi connectivity index (χ3v) is 5.07. The van der Waals surface area contributed by atoms with E-state index in [0.717, 1.165) is 0 Å². The largest absolute Gasteiger partial charge is 0.497 e. The van der Waals surface area contributed by atoms with Gasteiger partial charge in [0, 0.05) is 7.05 Å². The van der Waals surface area contributed by atoms with Crippen molar-refractivity contribution in [3.8, 4) is 11.5 Å². The van der Waals surface area contributed by atoms with E-state index >= 15 is 0 Å². The van der Waals surface area contributed by atoms with Gasteiger partial charge in [0.25, 0.3) is 5.56 Å². The van der Waals surface area contributed by atoms with E-state index in [2.05, 4.69) is 10.2 Å². The molecule has 0 fully saturated rings. The highest BCUT2D eigenvalue weighted by Gasteiger charge is 2.16. The Labute approximate surface area is 162 Å². The molecule has 0 radical (unpaired) electrons. The van der Waals surface area contributed by atoms with Gasteiger partial charge in [0.2, 0.25) is 5.78 Å². The Morgan fingerprint density at radius 1 is 1.14 bits per heavy atom. The smallest absolute Gasteiger partial charge is 0.344 e. The molecule has 0 aliphatic carbocycles. The molecule has 0 atom stereocenters. The molecule has 1 aromatic carbocycles. The predicted octanol–water partition coefficient (Wildman–Crippen LogP) is 1.77. The molecule has 4 rings (SSSR count). The van der Waals surface area contributed by atoms with E-state index in [-0.39, 0.29) is 18.8 Å². The highest BCUT2D eigenvalue weighted by atomic mass is 32.1. The molecule has 3 aromatic heterocycles. The monoisotopic (exact) mass is 400 g/mol. The van der Waals surface area contributed by atoms with Crippen molar-refractivity contribution in [2.45, 2.75) is 6.61 Å². The lowest BCUT2D eigenvalue weighted by atomic mass is 10.3. The van der Waals surface area contributed by atoms with Gasteiger partial charge in [-0.1, -0.05) is 0 Å². The Bertz CT molecular complexity index is 1210. The predicted molar refractivity (Wildman–Crippen MR) is 102 cm³/mol. The van der Waals surface area contributed by atoms with Gasteiger partial charge < -0.3 is 14.2 Å². The molecule has 10 heteroatoms. The third-order valence-electron chi connectivity index (χ3n) is 4.18. The number of esters is 1. The number of carbonyl (C=O) groups excluding carboxylic acids is 1. The molecule has 28 heavy (non-hydrogen) atoms. The summed E-state index contributed by atoms with van der Waals surface area (Å²) in [5.74, 6) is 1.49. The molecule has 144 valence electrons. The van der Waals surface area contributed by atoms with Crippen LogP contribution in [0.2, 0.25) is 0 Å². The Kier molecular flexibility index (Phi) is 4.70. The Balaban J connectivity index is 1.46. The van der Waals surface area contributed by atoms with Crippen molar-refractivity contribution in [1.82, 2.24) is 19.2 Å². The van der Waals surface area contributed by atoms with Crippen LogP contribution in [0.5, 0.6) is 11.5 Å². The van der Waals surface area contributed by atoms with Crippen LogP contribution in [0.25, 0.3) is 16.0 Å². The average molecular weight is 400 g/mol. The first-order chi connectivity index (χ1) is 13.6. The minimum absolute atomic E-state index is 0.0882. The molecule has 0 saturated carbocycles. The van der Waals surface area contributed by atoms with Crippen molar-refractivity contribution in [2.24, 2.45) is 7.05 Å². The van der Waals surface area contributed by atoms with Crippen molar-refractivity contribution in [1.29, 1.82) is 0 Å². The molecule has 0 bridgehead atoms. The standard InChI is InChI=1S/C18H16N4O5S/c1-21-17(24)16-13(7-8-28-16)22-14(19-20-18(21)22)9-27-15(23)10-26-12-5-3-11(25-2)4-6-12/h3-8H,9-10H2,1-2H3. The molecule has 0 N–H and O–H groups in total. The minimum atomic E-state index is -0.543. The van der Waals surface area contributed by atoms with E-state index in [1.54, 1.807) is 42.8 Å². The number of fused-ring (bicyclic) bond motifs is 3. The van der Waals surface area contributed by atoms with Crippen LogP contribution in [0.15, 0.2) is 40.5 Å². The molecule has 0 amide bonds. The fourth-order valence-corrected chi connectivity index (χ4v) is 3.60. The fourth-order valence-electron chi connectivity index (χ4n) is 2.75. The summed E-state index contributed by atoms with van der Waals surface area (Å²) in [6.07, 6.45) is 0. The number of aromatic nitrogens is 4. The Morgan fingerprint density at radius 2 is 1.89 bits per heavy atom. The van der Waals surface area contributed by atoms with E-state index in [1.807, 2.05) is 11.4 Å². The summed E-state index contributed by atoms with van der Waals surface area (Å²) in [6, 6.07) is 8.69. The van der Waals surface area contributed by atoms with Crippen molar-refractivity contribution in [2.75, 3.05) is 13.7 Å². The highest BCUT2D eigenvalue weighted by molar-refractivity contribution is 7.17. The van der Waals surface area contributed by atoms with Crippen LogP contribution >= 0.6 is 11.3 Å². The summed E-state index contributed by atoms with van der Waals surface area (Å²) in [4.78, 5) is 24.3. The lowest BCUT2D eigenvalue weighted by Crippen LogP contribution is -2.20. The van der Waals surface area contributed by atoms with Gasteiger partial charge in [0.1, 0.15) is 16.2 Å². The number of carbonyl (C=O) groups is 1. The van der Waals surface area contributed by atoms with Crippen molar-refractivity contribution >= 4 is 33.3 Å². The molecular weight excluding hydrogens is 384 g/mol. The number of benzene rings is 1. The van der Waals surface area contributed by atoms with Crippen LogP contribution < -0.4 is 15.0 Å². The number of rotatable bonds is 6. The van der Waals surface area contributed by atoms with E-state index < -0.39 is 5.97 Å². The third kappa shape index (κ3) is 3.18. The summed E-state index contributed by atoms with van der Waals surface area (Å²) in [5.41, 5.74) is 0.551. The lowest BCUT2D eigenvalue weighted by Gasteiger charge is -2.08. The number of hydrogen-bond acceptors (Lipinski definition) is 8. The van der Waals surface area contributed by atoms with Crippen LogP contribution in [-0.4, -0.2) is 38.9 Å². The molecular formula is C18H16N4O5S. The number of methoxy groups -OCH3 is 1. The fraction of sp³-hybridized carbons (Fsp3) is 0.222. The normalized spacial score (nSPS) is 11.1. The molecule has 9 nitrogen and oxygen atoms in total. The van der Waals surface area contributed by atoms with Gasteiger partial charge in [-0.25, -0.2) is 4.79 Å². The van der Waals surface area contributed by atoms with E-state index in [4.69, 9.17) is 14.2 Å². The Morgan fingerprint density at radius 3 is 2.64 bits per heavy atom. The maximum absolute atomic E-state index is 12.3. The van der Waals surface area contributed by atoms with Gasteiger partial charge in [-0.05, 0) is 35.7 Å². The van der Waals surface area contributed by atoms with Gasteiger partial charge in [0.15, 0.2) is 19.0 Å². The minimum Gasteiger partial charge on any atom is -0.497 e. The second-order valence-corrected chi connectivity index (χ2v) is 6.79. The van der Waals surface area contributed by atoms with Crippen LogP contribution in [0.1, 0.15) is 5.82 Å². The molecule has 0 aliphatic heterocycles. The first-order valence-corrected chi connectivity index (χ1v) is 9.19. The summed E-state index contributed by atoms with van der Waals surface area (Å²) >= 11 is 1.34. The summed E-state index contributed by atoms with van der Waals surface area (Å²) in [7, 11) is 3.20. The zero-order valence-corrected chi connectivity index (χ0v) is 15.9. The number of nitrogens with zero attached hydrogens (tertiary/aromatic N) is 4. The van der Waals surface area contributed by atoms with Gasteiger partial charge in [-0.2, -0.15) is 0 Å².